The maximum absolute atomic E-state index is 14.1. The Morgan fingerprint density at radius 1 is 0.906 bits per heavy atom. The molecule has 2 aliphatic heterocycles. The summed E-state index contributed by atoms with van der Waals surface area (Å²) >= 11 is 0. The van der Waals surface area contributed by atoms with E-state index in [4.69, 9.17) is 0 Å². The van der Waals surface area contributed by atoms with Crippen molar-refractivity contribution in [3.63, 3.8) is 0 Å². The molecule has 1 unspecified atom stereocenters. The second kappa shape index (κ2) is 7.03. The number of benzene rings is 3. The number of aryl methyl sites for hydroxylation is 2. The number of carbonyl (C=O) groups is 2. The van der Waals surface area contributed by atoms with Crippen molar-refractivity contribution in [1.29, 1.82) is 0 Å². The minimum absolute atomic E-state index is 0.220. The first-order chi connectivity index (χ1) is 15.3. The summed E-state index contributed by atoms with van der Waals surface area (Å²) in [4.78, 5) is 27.7. The summed E-state index contributed by atoms with van der Waals surface area (Å²) in [6, 6.07) is 21.4. The zero-order valence-corrected chi connectivity index (χ0v) is 18.6. The summed E-state index contributed by atoms with van der Waals surface area (Å²) in [5.41, 5.74) is 4.21. The highest BCUT2D eigenvalue weighted by Crippen LogP contribution is 2.52. The molecular weight excluding hydrogens is 424 g/mol. The summed E-state index contributed by atoms with van der Waals surface area (Å²) in [6.45, 7) is 4.15. The Kier molecular flexibility index (Phi) is 4.49. The van der Waals surface area contributed by atoms with E-state index in [0.717, 1.165) is 16.7 Å². The van der Waals surface area contributed by atoms with Crippen molar-refractivity contribution >= 4 is 33.0 Å². The molecule has 1 fully saturated rings. The van der Waals surface area contributed by atoms with Crippen LogP contribution in [0.1, 0.15) is 22.3 Å². The maximum Gasteiger partial charge on any atom is 0.274 e. The fraction of sp³-hybridized carbons (Fsp3) is 0.200. The molecule has 2 aliphatic rings. The molecule has 3 aromatic carbocycles. The lowest BCUT2D eigenvalue weighted by molar-refractivity contribution is -0.123. The van der Waals surface area contributed by atoms with Gasteiger partial charge in [-0.1, -0.05) is 60.2 Å². The monoisotopic (exact) mass is 446 g/mol. The quantitative estimate of drug-likeness (QED) is 0.618. The number of para-hydroxylation sites is 2. The molecule has 0 aliphatic carbocycles. The number of rotatable bonds is 3. The van der Waals surface area contributed by atoms with Crippen molar-refractivity contribution in [2.75, 3.05) is 15.6 Å². The van der Waals surface area contributed by atoms with Gasteiger partial charge in [0.25, 0.3) is 10.8 Å². The molecule has 2 heterocycles. The van der Waals surface area contributed by atoms with Gasteiger partial charge in [0.05, 0.1) is 12.2 Å². The van der Waals surface area contributed by atoms with Gasteiger partial charge in [0.2, 0.25) is 5.91 Å². The molecule has 0 N–H and O–H groups in total. The lowest BCUT2D eigenvalue weighted by Gasteiger charge is -2.32. The zero-order valence-electron chi connectivity index (χ0n) is 17.8. The molecule has 2 amide bonds. The first-order valence-corrected chi connectivity index (χ1v) is 12.0. The van der Waals surface area contributed by atoms with E-state index in [2.05, 4.69) is 0 Å². The van der Waals surface area contributed by atoms with Gasteiger partial charge in [-0.3, -0.25) is 14.5 Å². The highest BCUT2D eigenvalue weighted by Gasteiger charge is 2.69. The predicted octanol–water partition coefficient (Wildman–Crippen LogP) is 3.46. The highest BCUT2D eigenvalue weighted by molar-refractivity contribution is 7.94. The smallest absolute Gasteiger partial charge is 0.274 e. The maximum atomic E-state index is 14.1. The number of amides is 2. The van der Waals surface area contributed by atoms with E-state index in [1.807, 2.05) is 32.0 Å². The van der Waals surface area contributed by atoms with Gasteiger partial charge >= 0.3 is 0 Å². The standard InChI is InChI=1S/C25H22N2O4S/c1-17-12-13-18(2)19(14-17)15-26-22-11-7-6-10-21(22)25(24(26)29)27(20-8-4-3-5-9-20)23(28)16-32(25,30)31/h3-14H,15-16H2,1-2H3. The Labute approximate surface area is 187 Å². The number of sulfone groups is 1. The normalized spacial score (nSPS) is 21.4. The molecule has 0 saturated carbocycles. The van der Waals surface area contributed by atoms with Gasteiger partial charge in [-0.15, -0.1) is 0 Å². The molecule has 6 nitrogen and oxygen atoms in total. The minimum Gasteiger partial charge on any atom is -0.304 e. The third kappa shape index (κ3) is 2.67. The van der Waals surface area contributed by atoms with Crippen LogP contribution in [0.5, 0.6) is 0 Å². The van der Waals surface area contributed by atoms with Gasteiger partial charge in [0, 0.05) is 11.3 Å². The van der Waals surface area contributed by atoms with E-state index in [0.29, 0.717) is 16.9 Å². The summed E-state index contributed by atoms with van der Waals surface area (Å²) in [5, 5.41) is 0. The molecule has 0 aromatic heterocycles. The van der Waals surface area contributed by atoms with Crippen molar-refractivity contribution in [3.8, 4) is 0 Å². The first-order valence-electron chi connectivity index (χ1n) is 10.4. The molecule has 0 radical (unpaired) electrons. The number of fused-ring (bicyclic) bond motifs is 2. The third-order valence-electron chi connectivity index (χ3n) is 6.27. The number of carbonyl (C=O) groups excluding carboxylic acids is 2. The summed E-state index contributed by atoms with van der Waals surface area (Å²) in [5.74, 6) is -1.93. The Balaban J connectivity index is 1.74. The average molecular weight is 447 g/mol. The molecule has 32 heavy (non-hydrogen) atoms. The van der Waals surface area contributed by atoms with Gasteiger partial charge in [-0.25, -0.2) is 8.42 Å². The van der Waals surface area contributed by atoms with Crippen LogP contribution in [-0.4, -0.2) is 26.0 Å². The Morgan fingerprint density at radius 3 is 2.34 bits per heavy atom. The van der Waals surface area contributed by atoms with Crippen LogP contribution in [0.2, 0.25) is 0 Å². The van der Waals surface area contributed by atoms with Crippen LogP contribution in [-0.2, 0) is 30.8 Å². The molecule has 0 bridgehead atoms. The molecule has 1 spiro atoms. The van der Waals surface area contributed by atoms with E-state index < -0.39 is 32.3 Å². The van der Waals surface area contributed by atoms with E-state index in [9.17, 15) is 18.0 Å². The van der Waals surface area contributed by atoms with Gasteiger partial charge < -0.3 is 4.90 Å². The van der Waals surface area contributed by atoms with E-state index >= 15 is 0 Å². The van der Waals surface area contributed by atoms with Gasteiger partial charge in [0.1, 0.15) is 5.75 Å². The zero-order chi connectivity index (χ0) is 22.7. The lowest BCUT2D eigenvalue weighted by atomic mass is 10.0. The second-order valence-electron chi connectivity index (χ2n) is 8.31. The molecule has 7 heteroatoms. The van der Waals surface area contributed by atoms with Crippen LogP contribution in [0.3, 0.4) is 0 Å². The molecule has 1 atom stereocenters. The van der Waals surface area contributed by atoms with E-state index in [-0.39, 0.29) is 6.54 Å². The SMILES string of the molecule is Cc1ccc(C)c(CN2C(=O)C3(c4ccccc42)N(c2ccccc2)C(=O)CS3(=O)=O)c1. The van der Waals surface area contributed by atoms with Gasteiger partial charge in [-0.2, -0.15) is 0 Å². The van der Waals surface area contributed by atoms with Crippen LogP contribution >= 0.6 is 0 Å². The molecule has 1 saturated heterocycles. The number of hydrogen-bond acceptors (Lipinski definition) is 4. The van der Waals surface area contributed by atoms with Crippen molar-refractivity contribution in [2.45, 2.75) is 25.3 Å². The fourth-order valence-corrected chi connectivity index (χ4v) is 6.80. The average Bonchev–Trinajstić information content (AvgIpc) is 3.14. The molecule has 3 aromatic rings. The van der Waals surface area contributed by atoms with Crippen molar-refractivity contribution in [3.05, 3.63) is 95.1 Å². The van der Waals surface area contributed by atoms with Crippen LogP contribution in [0.4, 0.5) is 11.4 Å². The topological polar surface area (TPSA) is 74.8 Å². The van der Waals surface area contributed by atoms with Crippen molar-refractivity contribution in [2.24, 2.45) is 0 Å². The third-order valence-corrected chi connectivity index (χ3v) is 8.37. The van der Waals surface area contributed by atoms with Crippen LogP contribution in [0.25, 0.3) is 0 Å². The molecule has 5 rings (SSSR count). The fourth-order valence-electron chi connectivity index (χ4n) is 4.77. The van der Waals surface area contributed by atoms with E-state index in [1.165, 1.54) is 9.80 Å². The van der Waals surface area contributed by atoms with Crippen molar-refractivity contribution in [1.82, 2.24) is 0 Å². The summed E-state index contributed by atoms with van der Waals surface area (Å²) < 4.78 is 27.1. The lowest BCUT2D eigenvalue weighted by Crippen LogP contribution is -2.54. The molecule has 162 valence electrons. The second-order valence-corrected chi connectivity index (χ2v) is 10.4. The van der Waals surface area contributed by atoms with Gasteiger partial charge in [-0.05, 0) is 43.2 Å². The predicted molar refractivity (Wildman–Crippen MR) is 123 cm³/mol. The summed E-state index contributed by atoms with van der Waals surface area (Å²) in [7, 11) is -4.15. The van der Waals surface area contributed by atoms with Crippen LogP contribution < -0.4 is 9.80 Å². The Morgan fingerprint density at radius 2 is 1.59 bits per heavy atom. The van der Waals surface area contributed by atoms with Crippen molar-refractivity contribution < 1.29 is 18.0 Å². The Hall–Kier alpha value is -3.45. The number of anilines is 2. The Bertz CT molecular complexity index is 1370. The molecular formula is C25H22N2O4S. The highest BCUT2D eigenvalue weighted by atomic mass is 32.2. The van der Waals surface area contributed by atoms with E-state index in [1.54, 1.807) is 54.6 Å². The van der Waals surface area contributed by atoms with Crippen LogP contribution in [0, 0.1) is 13.8 Å². The number of hydrogen-bond donors (Lipinski definition) is 0. The summed E-state index contributed by atoms with van der Waals surface area (Å²) in [6.07, 6.45) is 0. The minimum atomic E-state index is -4.15. The first kappa shape index (κ1) is 20.5. The van der Waals surface area contributed by atoms with Gasteiger partial charge in [0.15, 0.2) is 9.84 Å². The largest absolute Gasteiger partial charge is 0.304 e. The number of nitrogens with zero attached hydrogens (tertiary/aromatic N) is 2. The van der Waals surface area contributed by atoms with Crippen LogP contribution in [0.15, 0.2) is 72.8 Å².